The van der Waals surface area contributed by atoms with Crippen molar-refractivity contribution in [2.45, 2.75) is 32.7 Å². The molecular formula is C15H19BrN2O2. The highest BCUT2D eigenvalue weighted by atomic mass is 79.9. The predicted molar refractivity (Wildman–Crippen MR) is 81.3 cm³/mol. The van der Waals surface area contributed by atoms with Crippen LogP contribution < -0.4 is 5.73 Å². The van der Waals surface area contributed by atoms with E-state index in [1.165, 1.54) is 0 Å². The average molecular weight is 339 g/mol. The average Bonchev–Trinajstić information content (AvgIpc) is 2.41. The number of primary amides is 1. The zero-order valence-corrected chi connectivity index (χ0v) is 13.3. The molecule has 0 spiro atoms. The van der Waals surface area contributed by atoms with Crippen LogP contribution in [0.4, 0.5) is 0 Å². The summed E-state index contributed by atoms with van der Waals surface area (Å²) in [6.07, 6.45) is 1.57. The molecule has 20 heavy (non-hydrogen) atoms. The van der Waals surface area contributed by atoms with Crippen LogP contribution in [0.15, 0.2) is 22.7 Å². The molecule has 2 amide bonds. The van der Waals surface area contributed by atoms with Gasteiger partial charge in [0.25, 0.3) is 5.91 Å². The Morgan fingerprint density at radius 3 is 2.65 bits per heavy atom. The lowest BCUT2D eigenvalue weighted by Crippen LogP contribution is -2.48. The molecule has 1 aliphatic rings. The summed E-state index contributed by atoms with van der Waals surface area (Å²) in [6, 6.07) is 5.71. The van der Waals surface area contributed by atoms with Gasteiger partial charge in [-0.1, -0.05) is 22.0 Å². The Morgan fingerprint density at radius 2 is 2.05 bits per heavy atom. The van der Waals surface area contributed by atoms with Gasteiger partial charge in [-0.3, -0.25) is 9.59 Å². The molecule has 2 unspecified atom stereocenters. The highest BCUT2D eigenvalue weighted by molar-refractivity contribution is 9.10. The molecule has 2 atom stereocenters. The monoisotopic (exact) mass is 338 g/mol. The Morgan fingerprint density at radius 1 is 1.35 bits per heavy atom. The number of rotatable bonds is 2. The number of likely N-dealkylation sites (tertiary alicyclic amines) is 1. The summed E-state index contributed by atoms with van der Waals surface area (Å²) < 4.78 is 0.916. The molecule has 0 radical (unpaired) electrons. The van der Waals surface area contributed by atoms with Gasteiger partial charge in [-0.15, -0.1) is 0 Å². The largest absolute Gasteiger partial charge is 0.369 e. The van der Waals surface area contributed by atoms with Crippen LogP contribution in [0.3, 0.4) is 0 Å². The van der Waals surface area contributed by atoms with Crippen LogP contribution in [0.5, 0.6) is 0 Å². The molecule has 1 fully saturated rings. The molecule has 1 aromatic rings. The van der Waals surface area contributed by atoms with Crippen molar-refractivity contribution in [1.29, 1.82) is 0 Å². The second-order valence-corrected chi connectivity index (χ2v) is 6.30. The van der Waals surface area contributed by atoms with Crippen molar-refractivity contribution in [3.8, 4) is 0 Å². The van der Waals surface area contributed by atoms with Crippen molar-refractivity contribution in [1.82, 2.24) is 4.90 Å². The molecule has 0 bridgehead atoms. The first-order valence-electron chi connectivity index (χ1n) is 6.76. The lowest BCUT2D eigenvalue weighted by atomic mass is 9.92. The number of carbonyl (C=O) groups excluding carboxylic acids is 2. The van der Waals surface area contributed by atoms with Crippen molar-refractivity contribution in [2.75, 3.05) is 6.54 Å². The van der Waals surface area contributed by atoms with Crippen LogP contribution in [-0.2, 0) is 4.79 Å². The zero-order valence-electron chi connectivity index (χ0n) is 11.7. The van der Waals surface area contributed by atoms with E-state index in [-0.39, 0.29) is 23.8 Å². The van der Waals surface area contributed by atoms with E-state index in [0.29, 0.717) is 12.1 Å². The van der Waals surface area contributed by atoms with E-state index in [2.05, 4.69) is 15.9 Å². The number of nitrogens with zero attached hydrogens (tertiary/aromatic N) is 1. The Hall–Kier alpha value is -1.36. The van der Waals surface area contributed by atoms with Gasteiger partial charge in [-0.05, 0) is 44.4 Å². The van der Waals surface area contributed by atoms with E-state index >= 15 is 0 Å². The third kappa shape index (κ3) is 3.03. The lowest BCUT2D eigenvalue weighted by Gasteiger charge is -2.37. The predicted octanol–water partition coefficient (Wildman–Crippen LogP) is 2.48. The molecule has 108 valence electrons. The van der Waals surface area contributed by atoms with Crippen molar-refractivity contribution < 1.29 is 9.59 Å². The second kappa shape index (κ2) is 5.95. The molecular weight excluding hydrogens is 320 g/mol. The normalized spacial score (nSPS) is 22.6. The van der Waals surface area contributed by atoms with Crippen molar-refractivity contribution >= 4 is 27.7 Å². The number of carbonyl (C=O) groups is 2. The molecule has 0 aromatic heterocycles. The molecule has 5 heteroatoms. The minimum absolute atomic E-state index is 0.0378. The summed E-state index contributed by atoms with van der Waals surface area (Å²) in [5.41, 5.74) is 7.10. The van der Waals surface area contributed by atoms with Crippen LogP contribution in [0, 0.1) is 12.8 Å². The first-order chi connectivity index (χ1) is 9.40. The van der Waals surface area contributed by atoms with Gasteiger partial charge in [0.05, 0.1) is 5.92 Å². The summed E-state index contributed by atoms with van der Waals surface area (Å²) in [5, 5.41) is 0. The van der Waals surface area contributed by atoms with Crippen LogP contribution in [0.25, 0.3) is 0 Å². The number of piperidine rings is 1. The molecule has 2 N–H and O–H groups in total. The van der Waals surface area contributed by atoms with Gasteiger partial charge in [0.2, 0.25) is 5.91 Å². The van der Waals surface area contributed by atoms with E-state index in [1.54, 1.807) is 4.90 Å². The van der Waals surface area contributed by atoms with Gasteiger partial charge in [0.15, 0.2) is 0 Å². The van der Waals surface area contributed by atoms with E-state index in [1.807, 2.05) is 32.0 Å². The number of benzene rings is 1. The van der Waals surface area contributed by atoms with E-state index in [0.717, 1.165) is 22.9 Å². The SMILES string of the molecule is Cc1ccc(C(=O)N2CC(C(N)=O)CCC2C)cc1Br. The molecule has 1 aromatic carbocycles. The Kier molecular flexibility index (Phi) is 4.48. The van der Waals surface area contributed by atoms with Crippen LogP contribution >= 0.6 is 15.9 Å². The summed E-state index contributed by atoms with van der Waals surface area (Å²) in [4.78, 5) is 25.7. The first kappa shape index (κ1) is 15.0. The van der Waals surface area contributed by atoms with E-state index in [9.17, 15) is 9.59 Å². The zero-order chi connectivity index (χ0) is 14.9. The summed E-state index contributed by atoms with van der Waals surface area (Å²) in [7, 11) is 0. The van der Waals surface area contributed by atoms with E-state index < -0.39 is 0 Å². The Labute approximate surface area is 127 Å². The molecule has 0 aliphatic carbocycles. The van der Waals surface area contributed by atoms with E-state index in [4.69, 9.17) is 5.73 Å². The minimum Gasteiger partial charge on any atom is -0.369 e. The number of halogens is 1. The number of aryl methyl sites for hydroxylation is 1. The molecule has 1 heterocycles. The maximum Gasteiger partial charge on any atom is 0.254 e. The third-order valence-corrected chi connectivity index (χ3v) is 4.82. The van der Waals surface area contributed by atoms with Gasteiger partial charge in [0, 0.05) is 22.6 Å². The summed E-state index contributed by atoms with van der Waals surface area (Å²) in [5.74, 6) is -0.590. The molecule has 1 saturated heterocycles. The van der Waals surface area contributed by atoms with Crippen LogP contribution in [0.1, 0.15) is 35.7 Å². The topological polar surface area (TPSA) is 63.4 Å². The standard InChI is InChI=1S/C15H19BrN2O2/c1-9-3-5-11(7-13(9)16)15(20)18-8-12(14(17)19)6-4-10(18)2/h3,5,7,10,12H,4,6,8H2,1-2H3,(H2,17,19). The molecule has 0 saturated carbocycles. The number of nitrogens with two attached hydrogens (primary N) is 1. The fraction of sp³-hybridized carbons (Fsp3) is 0.467. The molecule has 4 nitrogen and oxygen atoms in total. The summed E-state index contributed by atoms with van der Waals surface area (Å²) >= 11 is 3.44. The third-order valence-electron chi connectivity index (χ3n) is 3.96. The Balaban J connectivity index is 2.21. The fourth-order valence-corrected chi connectivity index (χ4v) is 2.89. The van der Waals surface area contributed by atoms with Gasteiger partial charge in [-0.25, -0.2) is 0 Å². The van der Waals surface area contributed by atoms with Gasteiger partial charge in [0.1, 0.15) is 0 Å². The van der Waals surface area contributed by atoms with Gasteiger partial charge >= 0.3 is 0 Å². The van der Waals surface area contributed by atoms with Crippen molar-refractivity contribution in [3.05, 3.63) is 33.8 Å². The van der Waals surface area contributed by atoms with Crippen molar-refractivity contribution in [3.63, 3.8) is 0 Å². The van der Waals surface area contributed by atoms with Crippen LogP contribution in [0.2, 0.25) is 0 Å². The number of hydrogen-bond donors (Lipinski definition) is 1. The minimum atomic E-state index is -0.320. The van der Waals surface area contributed by atoms with Gasteiger partial charge < -0.3 is 10.6 Å². The van der Waals surface area contributed by atoms with Crippen LogP contribution in [-0.4, -0.2) is 29.3 Å². The smallest absolute Gasteiger partial charge is 0.254 e. The quantitative estimate of drug-likeness (QED) is 0.900. The molecule has 2 rings (SSSR count). The highest BCUT2D eigenvalue weighted by Gasteiger charge is 2.32. The maximum atomic E-state index is 12.6. The molecule has 1 aliphatic heterocycles. The number of amides is 2. The highest BCUT2D eigenvalue weighted by Crippen LogP contribution is 2.25. The number of hydrogen-bond acceptors (Lipinski definition) is 2. The first-order valence-corrected chi connectivity index (χ1v) is 7.56. The van der Waals surface area contributed by atoms with Crippen molar-refractivity contribution in [2.24, 2.45) is 11.7 Å². The van der Waals surface area contributed by atoms with Gasteiger partial charge in [-0.2, -0.15) is 0 Å². The maximum absolute atomic E-state index is 12.6. The lowest BCUT2D eigenvalue weighted by molar-refractivity contribution is -0.123. The fourth-order valence-electron chi connectivity index (χ4n) is 2.51. The summed E-state index contributed by atoms with van der Waals surface area (Å²) in [6.45, 7) is 4.41. The Bertz CT molecular complexity index is 545. The second-order valence-electron chi connectivity index (χ2n) is 5.45.